The lowest BCUT2D eigenvalue weighted by Gasteiger charge is -2.27. The summed E-state index contributed by atoms with van der Waals surface area (Å²) in [4.78, 5) is 0. The normalized spacial score (nSPS) is 12.0. The van der Waals surface area contributed by atoms with Crippen molar-refractivity contribution >= 4 is 8.80 Å². The van der Waals surface area contributed by atoms with Crippen LogP contribution in [-0.2, 0) is 19.7 Å². The third-order valence-corrected chi connectivity index (χ3v) is 7.54. The van der Waals surface area contributed by atoms with E-state index in [4.69, 9.17) is 13.3 Å². The second-order valence-corrected chi connectivity index (χ2v) is 9.27. The van der Waals surface area contributed by atoms with E-state index in [1.807, 2.05) is 13.8 Å². The van der Waals surface area contributed by atoms with Gasteiger partial charge in [0.05, 0.1) is 0 Å². The smallest absolute Gasteiger partial charge is 0.377 e. The lowest BCUT2D eigenvalue weighted by molar-refractivity contribution is 0.0859. The molecular formula is C19H29F5O3Si. The largest absolute Gasteiger partial charge is 0.500 e. The number of hydrogen-bond donors (Lipinski definition) is 0. The highest BCUT2D eigenvalue weighted by atomic mass is 28.4. The van der Waals surface area contributed by atoms with Gasteiger partial charge in [0.2, 0.25) is 5.82 Å². The van der Waals surface area contributed by atoms with Crippen molar-refractivity contribution in [3.63, 3.8) is 0 Å². The van der Waals surface area contributed by atoms with Gasteiger partial charge in [-0.1, -0.05) is 25.7 Å². The molecule has 1 aromatic carbocycles. The lowest BCUT2D eigenvalue weighted by atomic mass is 10.0. The molecule has 9 heteroatoms. The monoisotopic (exact) mass is 428 g/mol. The third kappa shape index (κ3) is 6.79. The Morgan fingerprint density at radius 3 is 1.54 bits per heavy atom. The van der Waals surface area contributed by atoms with Gasteiger partial charge in [0.15, 0.2) is 23.3 Å². The van der Waals surface area contributed by atoms with Gasteiger partial charge in [0.25, 0.3) is 0 Å². The van der Waals surface area contributed by atoms with E-state index in [0.29, 0.717) is 26.1 Å². The summed E-state index contributed by atoms with van der Waals surface area (Å²) in [5, 5.41) is 0. The van der Waals surface area contributed by atoms with Gasteiger partial charge in [0.1, 0.15) is 0 Å². The molecule has 0 amide bonds. The summed E-state index contributed by atoms with van der Waals surface area (Å²) in [6.07, 6.45) is 4.30. The first kappa shape index (κ1) is 25.0. The second kappa shape index (κ2) is 12.5. The van der Waals surface area contributed by atoms with Gasteiger partial charge >= 0.3 is 8.80 Å². The summed E-state index contributed by atoms with van der Waals surface area (Å²) >= 11 is 0. The Balaban J connectivity index is 2.34. The molecule has 3 nitrogen and oxygen atoms in total. The van der Waals surface area contributed by atoms with E-state index in [-0.39, 0.29) is 6.42 Å². The molecule has 0 fully saturated rings. The number of benzene rings is 1. The van der Waals surface area contributed by atoms with Gasteiger partial charge in [-0.05, 0) is 33.1 Å². The van der Waals surface area contributed by atoms with Crippen molar-refractivity contribution in [2.45, 2.75) is 64.8 Å². The van der Waals surface area contributed by atoms with Gasteiger partial charge in [-0.25, -0.2) is 22.0 Å². The van der Waals surface area contributed by atoms with E-state index < -0.39 is 43.5 Å². The molecular weight excluding hydrogens is 399 g/mol. The highest BCUT2D eigenvalue weighted by Crippen LogP contribution is 2.25. The van der Waals surface area contributed by atoms with Gasteiger partial charge in [0, 0.05) is 31.9 Å². The van der Waals surface area contributed by atoms with Crippen molar-refractivity contribution in [2.75, 3.05) is 20.3 Å². The fourth-order valence-electron chi connectivity index (χ4n) is 3.07. The number of rotatable bonds is 14. The Kier molecular flexibility index (Phi) is 11.2. The van der Waals surface area contributed by atoms with Gasteiger partial charge in [-0.2, -0.15) is 0 Å². The second-order valence-electron chi connectivity index (χ2n) is 6.42. The summed E-state index contributed by atoms with van der Waals surface area (Å²) in [5.74, 6) is -9.35. The van der Waals surface area contributed by atoms with Crippen LogP contribution < -0.4 is 0 Å². The van der Waals surface area contributed by atoms with Crippen molar-refractivity contribution in [2.24, 2.45) is 0 Å². The maximum Gasteiger partial charge on any atom is 0.500 e. The van der Waals surface area contributed by atoms with Crippen LogP contribution in [0, 0.1) is 29.1 Å². The molecule has 0 aliphatic carbocycles. The zero-order valence-electron chi connectivity index (χ0n) is 16.7. The first-order valence-electron chi connectivity index (χ1n) is 9.66. The quantitative estimate of drug-likeness (QED) is 0.121. The van der Waals surface area contributed by atoms with Crippen LogP contribution in [0.25, 0.3) is 0 Å². The van der Waals surface area contributed by atoms with Crippen LogP contribution >= 0.6 is 0 Å². The van der Waals surface area contributed by atoms with Crippen molar-refractivity contribution in [1.29, 1.82) is 0 Å². The minimum absolute atomic E-state index is 0.180. The first-order valence-corrected chi connectivity index (χ1v) is 11.6. The molecule has 0 bridgehead atoms. The molecule has 0 saturated carbocycles. The van der Waals surface area contributed by atoms with Crippen LogP contribution in [0.3, 0.4) is 0 Å². The summed E-state index contributed by atoms with van der Waals surface area (Å²) in [5.41, 5.74) is -0.735. The van der Waals surface area contributed by atoms with E-state index in [1.54, 1.807) is 7.11 Å². The average Bonchev–Trinajstić information content (AvgIpc) is 2.69. The molecule has 1 aromatic rings. The minimum Gasteiger partial charge on any atom is -0.377 e. The highest BCUT2D eigenvalue weighted by molar-refractivity contribution is 6.60. The van der Waals surface area contributed by atoms with Crippen LogP contribution in [0.2, 0.25) is 6.04 Å². The molecule has 0 saturated heterocycles. The molecule has 0 aromatic heterocycles. The number of hydrogen-bond acceptors (Lipinski definition) is 3. The molecule has 0 radical (unpaired) electrons. The Hall–Kier alpha value is -1.03. The van der Waals surface area contributed by atoms with Gasteiger partial charge in [-0.3, -0.25) is 0 Å². The summed E-state index contributed by atoms with van der Waals surface area (Å²) in [6, 6.07) is 0.718. The van der Waals surface area contributed by atoms with Crippen molar-refractivity contribution in [3.05, 3.63) is 34.6 Å². The number of halogens is 5. The topological polar surface area (TPSA) is 27.7 Å². The third-order valence-electron chi connectivity index (χ3n) is 4.50. The van der Waals surface area contributed by atoms with Crippen LogP contribution in [0.5, 0.6) is 0 Å². The summed E-state index contributed by atoms with van der Waals surface area (Å²) < 4.78 is 83.4. The molecule has 0 atom stereocenters. The number of unbranched alkanes of at least 4 members (excludes halogenated alkanes) is 5. The van der Waals surface area contributed by atoms with Crippen molar-refractivity contribution in [1.82, 2.24) is 0 Å². The molecule has 162 valence electrons. The van der Waals surface area contributed by atoms with E-state index in [1.165, 1.54) is 0 Å². The Labute approximate surface area is 164 Å². The Morgan fingerprint density at radius 2 is 1.07 bits per heavy atom. The Morgan fingerprint density at radius 1 is 0.643 bits per heavy atom. The molecule has 0 spiro atoms. The van der Waals surface area contributed by atoms with Crippen LogP contribution in [0.4, 0.5) is 22.0 Å². The predicted molar refractivity (Wildman–Crippen MR) is 98.5 cm³/mol. The molecule has 0 heterocycles. The lowest BCUT2D eigenvalue weighted by Crippen LogP contribution is -2.44. The fraction of sp³-hybridized carbons (Fsp3) is 0.684. The van der Waals surface area contributed by atoms with Gasteiger partial charge < -0.3 is 13.3 Å². The van der Waals surface area contributed by atoms with E-state index in [0.717, 1.165) is 31.7 Å². The predicted octanol–water partition coefficient (Wildman–Crippen LogP) is 5.92. The zero-order valence-corrected chi connectivity index (χ0v) is 17.7. The maximum atomic E-state index is 13.6. The highest BCUT2D eigenvalue weighted by Gasteiger charge is 2.38. The van der Waals surface area contributed by atoms with E-state index in [9.17, 15) is 22.0 Å². The minimum atomic E-state index is -2.60. The summed E-state index contributed by atoms with van der Waals surface area (Å²) in [6.45, 7) is 4.84. The molecule has 1 rings (SSSR count). The molecule has 0 unspecified atom stereocenters. The zero-order chi connectivity index (χ0) is 21.2. The first-order chi connectivity index (χ1) is 13.3. The van der Waals surface area contributed by atoms with E-state index in [2.05, 4.69) is 0 Å². The van der Waals surface area contributed by atoms with Crippen molar-refractivity contribution in [3.8, 4) is 0 Å². The van der Waals surface area contributed by atoms with E-state index >= 15 is 0 Å². The van der Waals surface area contributed by atoms with Crippen LogP contribution in [0.1, 0.15) is 57.9 Å². The average molecular weight is 429 g/mol. The molecule has 0 aliphatic rings. The maximum absolute atomic E-state index is 13.6. The Bertz CT molecular complexity index is 581. The molecule has 28 heavy (non-hydrogen) atoms. The standard InChI is InChI=1S/C19H29F5O3Si/c1-4-26-28(25-3,27-5-2)13-11-9-7-6-8-10-12-14-15(20)17(22)19(24)18(23)16(14)21/h4-13H2,1-3H3. The SMILES string of the molecule is CCO[Si](CCCCCCCCc1c(F)c(F)c(F)c(F)c1F)(OC)OCC. The van der Waals surface area contributed by atoms with Gasteiger partial charge in [-0.15, -0.1) is 0 Å². The molecule has 0 aliphatic heterocycles. The fourth-order valence-corrected chi connectivity index (χ4v) is 5.44. The summed E-state index contributed by atoms with van der Waals surface area (Å²) in [7, 11) is -1.01. The van der Waals surface area contributed by atoms with Crippen LogP contribution in [0.15, 0.2) is 0 Å². The van der Waals surface area contributed by atoms with Crippen molar-refractivity contribution < 1.29 is 35.2 Å². The van der Waals surface area contributed by atoms with Crippen LogP contribution in [-0.4, -0.2) is 29.1 Å². The molecule has 0 N–H and O–H groups in total.